The number of aromatic amines is 1. The number of fused-ring (bicyclic) bond motifs is 1. The third kappa shape index (κ3) is 3.06. The van der Waals surface area contributed by atoms with Crippen molar-refractivity contribution in [2.24, 2.45) is 11.3 Å². The topological polar surface area (TPSA) is 39.3 Å². The highest BCUT2D eigenvalue weighted by atomic mass is 16.2. The van der Waals surface area contributed by atoms with Crippen molar-refractivity contribution in [3.63, 3.8) is 0 Å². The lowest BCUT2D eigenvalue weighted by atomic mass is 9.79. The van der Waals surface area contributed by atoms with Gasteiger partial charge in [0.15, 0.2) is 0 Å². The number of carbonyl (C=O) groups excluding carboxylic acids is 1. The van der Waals surface area contributed by atoms with Gasteiger partial charge in [-0.2, -0.15) is 0 Å². The number of benzene rings is 1. The van der Waals surface area contributed by atoms with Crippen LogP contribution in [0.1, 0.15) is 59.3 Å². The number of nitrogens with zero attached hydrogens (tertiary/aromatic N) is 2. The van der Waals surface area contributed by atoms with E-state index in [4.69, 9.17) is 0 Å². The van der Waals surface area contributed by atoms with E-state index in [1.807, 2.05) is 0 Å². The lowest BCUT2D eigenvalue weighted by Gasteiger charge is -2.40. The fourth-order valence-corrected chi connectivity index (χ4v) is 5.74. The minimum atomic E-state index is 0.198. The highest BCUT2D eigenvalue weighted by molar-refractivity contribution is 6.02. The number of H-pyrrole nitrogens is 1. The molecule has 1 spiro atoms. The standard InChI is InChI=1S/C24H33N3O/c1-16-5-6-17(2)21-20(16)18(3)22(25-21)23(28)27-12-10-24(15-27)9-4-11-26(14-24)13-19-7-8-19/h5-6,19,25H,4,7-15H2,1-3H3. The van der Waals surface area contributed by atoms with Gasteiger partial charge >= 0.3 is 0 Å². The van der Waals surface area contributed by atoms with Gasteiger partial charge in [-0.05, 0) is 82.0 Å². The molecule has 3 fully saturated rings. The second-order valence-corrected chi connectivity index (χ2v) is 9.83. The Balaban J connectivity index is 1.37. The van der Waals surface area contributed by atoms with Gasteiger partial charge in [-0.25, -0.2) is 0 Å². The molecule has 0 radical (unpaired) electrons. The molecule has 2 aromatic rings. The molecule has 150 valence electrons. The summed E-state index contributed by atoms with van der Waals surface area (Å²) in [5, 5.41) is 1.23. The molecule has 4 heteroatoms. The van der Waals surface area contributed by atoms with E-state index in [9.17, 15) is 4.79 Å². The first-order valence-corrected chi connectivity index (χ1v) is 11.1. The minimum Gasteiger partial charge on any atom is -0.350 e. The molecular formula is C24H33N3O. The summed E-state index contributed by atoms with van der Waals surface area (Å²) in [6.07, 6.45) is 6.58. The zero-order valence-corrected chi connectivity index (χ0v) is 17.6. The molecule has 3 heterocycles. The molecule has 2 saturated heterocycles. The van der Waals surface area contributed by atoms with Crippen molar-refractivity contribution in [2.45, 2.75) is 52.9 Å². The summed E-state index contributed by atoms with van der Waals surface area (Å²) in [6, 6.07) is 4.30. The first-order chi connectivity index (χ1) is 13.5. The highest BCUT2D eigenvalue weighted by Crippen LogP contribution is 2.41. The van der Waals surface area contributed by atoms with E-state index in [2.05, 4.69) is 47.7 Å². The average molecular weight is 380 g/mol. The third-order valence-electron chi connectivity index (χ3n) is 7.52. The number of hydrogen-bond acceptors (Lipinski definition) is 2. The highest BCUT2D eigenvalue weighted by Gasteiger charge is 2.44. The molecule has 4 nitrogen and oxygen atoms in total. The number of likely N-dealkylation sites (tertiary alicyclic amines) is 2. The number of amides is 1. The summed E-state index contributed by atoms with van der Waals surface area (Å²) in [4.78, 5) is 21.7. The van der Waals surface area contributed by atoms with Crippen LogP contribution in [0.4, 0.5) is 0 Å². The molecule has 1 aromatic carbocycles. The van der Waals surface area contributed by atoms with Gasteiger partial charge in [-0.1, -0.05) is 12.1 Å². The average Bonchev–Trinajstić information content (AvgIpc) is 3.28. The smallest absolute Gasteiger partial charge is 0.270 e. The predicted octanol–water partition coefficient (Wildman–Crippen LogP) is 4.43. The number of rotatable bonds is 3. The van der Waals surface area contributed by atoms with Gasteiger partial charge in [-0.3, -0.25) is 4.79 Å². The van der Waals surface area contributed by atoms with E-state index in [0.29, 0.717) is 5.41 Å². The van der Waals surface area contributed by atoms with Crippen LogP contribution >= 0.6 is 0 Å². The summed E-state index contributed by atoms with van der Waals surface area (Å²) in [5.41, 5.74) is 5.83. The van der Waals surface area contributed by atoms with Crippen molar-refractivity contribution >= 4 is 16.8 Å². The van der Waals surface area contributed by atoms with Crippen molar-refractivity contribution in [1.82, 2.24) is 14.8 Å². The van der Waals surface area contributed by atoms with Crippen LogP contribution in [0, 0.1) is 32.1 Å². The molecule has 1 atom stereocenters. The van der Waals surface area contributed by atoms with Crippen molar-refractivity contribution < 1.29 is 4.79 Å². The molecule has 2 aliphatic heterocycles. The molecule has 1 saturated carbocycles. The predicted molar refractivity (Wildman–Crippen MR) is 114 cm³/mol. The first-order valence-electron chi connectivity index (χ1n) is 11.1. The van der Waals surface area contributed by atoms with E-state index in [0.717, 1.165) is 42.2 Å². The molecule has 1 amide bonds. The zero-order chi connectivity index (χ0) is 19.5. The minimum absolute atomic E-state index is 0.198. The zero-order valence-electron chi connectivity index (χ0n) is 17.6. The van der Waals surface area contributed by atoms with Crippen LogP contribution in [0.15, 0.2) is 12.1 Å². The van der Waals surface area contributed by atoms with Crippen molar-refractivity contribution in [3.05, 3.63) is 34.5 Å². The number of aryl methyl sites for hydroxylation is 3. The van der Waals surface area contributed by atoms with Crippen molar-refractivity contribution in [2.75, 3.05) is 32.7 Å². The number of hydrogen-bond donors (Lipinski definition) is 1. The second-order valence-electron chi connectivity index (χ2n) is 9.83. The number of carbonyl (C=O) groups is 1. The second kappa shape index (κ2) is 6.62. The van der Waals surface area contributed by atoms with Crippen molar-refractivity contribution in [1.29, 1.82) is 0 Å². The molecule has 28 heavy (non-hydrogen) atoms. The Morgan fingerprint density at radius 3 is 2.64 bits per heavy atom. The van der Waals surface area contributed by atoms with Crippen LogP contribution in [0.3, 0.4) is 0 Å². The molecule has 0 bridgehead atoms. The molecule has 1 aliphatic carbocycles. The van der Waals surface area contributed by atoms with Crippen LogP contribution in [0.25, 0.3) is 10.9 Å². The van der Waals surface area contributed by atoms with E-state index in [1.165, 1.54) is 61.8 Å². The Hall–Kier alpha value is -1.81. The Morgan fingerprint density at radius 1 is 1.11 bits per heavy atom. The normalized spacial score (nSPS) is 25.9. The molecule has 5 rings (SSSR count). The third-order valence-corrected chi connectivity index (χ3v) is 7.52. The SMILES string of the molecule is Cc1ccc(C)c2c(C)c(C(=O)N3CCC4(CCCN(CC5CC5)C4)C3)[nH]c12. The van der Waals surface area contributed by atoms with Gasteiger partial charge in [0.1, 0.15) is 5.69 Å². The van der Waals surface area contributed by atoms with E-state index < -0.39 is 0 Å². The monoisotopic (exact) mass is 379 g/mol. The first kappa shape index (κ1) is 18.2. The molecule has 1 unspecified atom stereocenters. The van der Waals surface area contributed by atoms with Gasteiger partial charge in [0.05, 0.1) is 0 Å². The van der Waals surface area contributed by atoms with Gasteiger partial charge < -0.3 is 14.8 Å². The van der Waals surface area contributed by atoms with Crippen LogP contribution in [-0.4, -0.2) is 53.4 Å². The summed E-state index contributed by atoms with van der Waals surface area (Å²) in [7, 11) is 0. The van der Waals surface area contributed by atoms with Gasteiger partial charge in [0.2, 0.25) is 0 Å². The molecule has 3 aliphatic rings. The van der Waals surface area contributed by atoms with E-state index in [1.54, 1.807) is 0 Å². The van der Waals surface area contributed by atoms with Gasteiger partial charge in [0, 0.05) is 42.5 Å². The van der Waals surface area contributed by atoms with Crippen LogP contribution in [0.5, 0.6) is 0 Å². The Kier molecular flexibility index (Phi) is 4.31. The fourth-order valence-electron chi connectivity index (χ4n) is 5.74. The lowest BCUT2D eigenvalue weighted by Crippen LogP contribution is -2.46. The lowest BCUT2D eigenvalue weighted by molar-refractivity contribution is 0.0677. The van der Waals surface area contributed by atoms with Crippen LogP contribution < -0.4 is 0 Å². The number of aromatic nitrogens is 1. The van der Waals surface area contributed by atoms with E-state index in [-0.39, 0.29) is 5.91 Å². The maximum absolute atomic E-state index is 13.4. The summed E-state index contributed by atoms with van der Waals surface area (Å²) in [5.74, 6) is 1.15. The maximum Gasteiger partial charge on any atom is 0.270 e. The Bertz CT molecular complexity index is 926. The summed E-state index contributed by atoms with van der Waals surface area (Å²) >= 11 is 0. The summed E-state index contributed by atoms with van der Waals surface area (Å²) in [6.45, 7) is 11.9. The molecule has 1 N–H and O–H groups in total. The van der Waals surface area contributed by atoms with Gasteiger partial charge in [-0.15, -0.1) is 0 Å². The Morgan fingerprint density at radius 2 is 1.89 bits per heavy atom. The van der Waals surface area contributed by atoms with Crippen LogP contribution in [-0.2, 0) is 0 Å². The van der Waals surface area contributed by atoms with Crippen LogP contribution in [0.2, 0.25) is 0 Å². The van der Waals surface area contributed by atoms with Gasteiger partial charge in [0.25, 0.3) is 5.91 Å². The quantitative estimate of drug-likeness (QED) is 0.857. The fraction of sp³-hybridized carbons (Fsp3) is 0.625. The van der Waals surface area contributed by atoms with Crippen molar-refractivity contribution in [3.8, 4) is 0 Å². The number of piperidine rings is 1. The number of nitrogens with one attached hydrogen (secondary N) is 1. The maximum atomic E-state index is 13.4. The molecule has 1 aromatic heterocycles. The van der Waals surface area contributed by atoms with E-state index >= 15 is 0 Å². The largest absolute Gasteiger partial charge is 0.350 e. The summed E-state index contributed by atoms with van der Waals surface area (Å²) < 4.78 is 0. The molecular weight excluding hydrogens is 346 g/mol. The Labute approximate surface area is 168 Å².